The Morgan fingerprint density at radius 2 is 2.10 bits per heavy atom. The molecule has 1 aromatic heterocycles. The van der Waals surface area contributed by atoms with Crippen LogP contribution in [0, 0.1) is 0 Å². The lowest BCUT2D eigenvalue weighted by molar-refractivity contribution is -0.128. The van der Waals surface area contributed by atoms with Gasteiger partial charge in [-0.3, -0.25) is 9.59 Å². The Hall–Kier alpha value is -2.64. The van der Waals surface area contributed by atoms with Crippen molar-refractivity contribution in [2.45, 2.75) is 45.8 Å². The van der Waals surface area contributed by atoms with Crippen LogP contribution < -0.4 is 5.32 Å². The molecule has 8 heteroatoms. The molecular formula is C23H30ClN5O2. The summed E-state index contributed by atoms with van der Waals surface area (Å²) in [5.41, 5.74) is 1.03. The summed E-state index contributed by atoms with van der Waals surface area (Å²) in [5, 5.41) is 3.34. The average Bonchev–Trinajstić information content (AvgIpc) is 3.21. The highest BCUT2D eigenvalue weighted by Crippen LogP contribution is 2.27. The third-order valence-corrected chi connectivity index (χ3v) is 6.18. The van der Waals surface area contributed by atoms with E-state index in [2.05, 4.69) is 29.0 Å². The van der Waals surface area contributed by atoms with Gasteiger partial charge in [0.15, 0.2) is 0 Å². The van der Waals surface area contributed by atoms with Crippen LogP contribution in [0.4, 0.5) is 5.69 Å². The van der Waals surface area contributed by atoms with Gasteiger partial charge in [-0.1, -0.05) is 43.7 Å². The topological polar surface area (TPSA) is 70.5 Å². The maximum Gasteiger partial charge on any atom is 0.273 e. The van der Waals surface area contributed by atoms with Crippen molar-refractivity contribution in [1.82, 2.24) is 19.4 Å². The summed E-state index contributed by atoms with van der Waals surface area (Å²) in [6.07, 6.45) is 5.92. The largest absolute Gasteiger partial charge is 0.330 e. The zero-order chi connectivity index (χ0) is 22.5. The first-order valence-corrected chi connectivity index (χ1v) is 11.0. The molecule has 7 nitrogen and oxygen atoms in total. The number of para-hydroxylation sites is 1. The highest BCUT2D eigenvalue weighted by molar-refractivity contribution is 6.33. The second-order valence-electron chi connectivity index (χ2n) is 7.82. The van der Waals surface area contributed by atoms with Gasteiger partial charge in [-0.2, -0.15) is 0 Å². The van der Waals surface area contributed by atoms with Crippen LogP contribution >= 0.6 is 11.6 Å². The molecule has 0 saturated carbocycles. The van der Waals surface area contributed by atoms with Crippen molar-refractivity contribution >= 4 is 29.1 Å². The van der Waals surface area contributed by atoms with Crippen LogP contribution in [0.1, 0.15) is 49.5 Å². The Balaban J connectivity index is 1.77. The number of halogens is 1. The van der Waals surface area contributed by atoms with Gasteiger partial charge < -0.3 is 19.7 Å². The first kappa shape index (κ1) is 23.0. The zero-order valence-corrected chi connectivity index (χ0v) is 19.3. The van der Waals surface area contributed by atoms with E-state index < -0.39 is 0 Å². The zero-order valence-electron chi connectivity index (χ0n) is 18.5. The van der Waals surface area contributed by atoms with Crippen LogP contribution in [0.3, 0.4) is 0 Å². The number of carbonyl (C=O) groups excluding carboxylic acids is 2. The van der Waals surface area contributed by atoms with Crippen LogP contribution in [0.5, 0.6) is 0 Å². The Labute approximate surface area is 188 Å². The number of anilines is 1. The Bertz CT molecular complexity index is 971. The molecule has 2 amide bonds. The molecule has 2 heterocycles. The van der Waals surface area contributed by atoms with Crippen molar-refractivity contribution in [2.24, 2.45) is 0 Å². The number of amides is 2. The fourth-order valence-corrected chi connectivity index (χ4v) is 3.84. The maximum absolute atomic E-state index is 12.9. The second kappa shape index (κ2) is 10.1. The number of nitrogens with zero attached hydrogens (tertiary/aromatic N) is 4. The first-order chi connectivity index (χ1) is 14.8. The number of benzene rings is 1. The monoisotopic (exact) mass is 443 g/mol. The molecule has 0 radical (unpaired) electrons. The number of imidazole rings is 1. The van der Waals surface area contributed by atoms with Gasteiger partial charge in [-0.25, -0.2) is 4.98 Å². The van der Waals surface area contributed by atoms with E-state index in [-0.39, 0.29) is 23.9 Å². The van der Waals surface area contributed by atoms with Crippen LogP contribution in [-0.4, -0.2) is 57.3 Å². The van der Waals surface area contributed by atoms with Gasteiger partial charge in [0.1, 0.15) is 11.5 Å². The molecule has 166 valence electrons. The van der Waals surface area contributed by atoms with Crippen LogP contribution in [0.2, 0.25) is 5.02 Å². The lowest BCUT2D eigenvalue weighted by atomic mass is 10.1. The summed E-state index contributed by atoms with van der Waals surface area (Å²) in [4.78, 5) is 34.1. The predicted molar refractivity (Wildman–Crippen MR) is 123 cm³/mol. The number of likely N-dealkylation sites (N-methyl/N-ethyl adjacent to an activating group) is 1. The van der Waals surface area contributed by atoms with E-state index in [9.17, 15) is 9.59 Å². The molecule has 0 spiro atoms. The number of aromatic nitrogens is 2. The van der Waals surface area contributed by atoms with Crippen molar-refractivity contribution in [3.05, 3.63) is 59.2 Å². The molecule has 1 aromatic carbocycles. The lowest BCUT2D eigenvalue weighted by Crippen LogP contribution is -2.41. The van der Waals surface area contributed by atoms with Gasteiger partial charge >= 0.3 is 0 Å². The summed E-state index contributed by atoms with van der Waals surface area (Å²) >= 11 is 6.17. The molecule has 0 bridgehead atoms. The summed E-state index contributed by atoms with van der Waals surface area (Å²) in [6.45, 7) is 8.02. The number of hydrogen-bond donors (Lipinski definition) is 1. The number of nitrogens with one attached hydrogen (secondary N) is 1. The van der Waals surface area contributed by atoms with E-state index in [4.69, 9.17) is 11.6 Å². The molecule has 31 heavy (non-hydrogen) atoms. The van der Waals surface area contributed by atoms with Crippen LogP contribution in [0.25, 0.3) is 0 Å². The number of carbonyl (C=O) groups is 2. The number of rotatable bonds is 7. The minimum Gasteiger partial charge on any atom is -0.330 e. The number of fused-ring (bicyclic) bond motifs is 1. The van der Waals surface area contributed by atoms with Gasteiger partial charge in [0.2, 0.25) is 5.91 Å². The molecule has 0 unspecified atom stereocenters. The normalized spacial score (nSPS) is 17.1. The Morgan fingerprint density at radius 1 is 1.35 bits per heavy atom. The maximum atomic E-state index is 12.9. The minimum absolute atomic E-state index is 0.0219. The van der Waals surface area contributed by atoms with E-state index >= 15 is 0 Å². The van der Waals surface area contributed by atoms with Gasteiger partial charge in [0.25, 0.3) is 5.91 Å². The molecule has 3 rings (SSSR count). The third kappa shape index (κ3) is 5.17. The first-order valence-electron chi connectivity index (χ1n) is 10.6. The number of hydrogen-bond acceptors (Lipinski definition) is 4. The average molecular weight is 444 g/mol. The van der Waals surface area contributed by atoms with Crippen molar-refractivity contribution in [3.8, 4) is 0 Å². The minimum atomic E-state index is -0.263. The van der Waals surface area contributed by atoms with Crippen LogP contribution in [0.15, 0.2) is 42.6 Å². The molecule has 0 fully saturated rings. The van der Waals surface area contributed by atoms with Gasteiger partial charge in [0, 0.05) is 18.7 Å². The van der Waals surface area contributed by atoms with Crippen molar-refractivity contribution in [2.75, 3.05) is 25.5 Å². The quantitative estimate of drug-likeness (QED) is 0.657. The summed E-state index contributed by atoms with van der Waals surface area (Å²) in [7, 11) is 2.03. The predicted octanol–water partition coefficient (Wildman–Crippen LogP) is 3.98. The second-order valence-corrected chi connectivity index (χ2v) is 8.22. The van der Waals surface area contributed by atoms with Gasteiger partial charge in [-0.05, 0) is 39.1 Å². The Morgan fingerprint density at radius 3 is 2.77 bits per heavy atom. The van der Waals surface area contributed by atoms with E-state index in [1.54, 1.807) is 29.3 Å². The lowest BCUT2D eigenvalue weighted by Gasteiger charge is -2.34. The van der Waals surface area contributed by atoms with E-state index in [1.807, 2.05) is 36.7 Å². The fraction of sp³-hybridized carbons (Fsp3) is 0.435. The van der Waals surface area contributed by atoms with Crippen molar-refractivity contribution < 1.29 is 9.59 Å². The van der Waals surface area contributed by atoms with E-state index in [0.717, 1.165) is 13.0 Å². The highest BCUT2D eigenvalue weighted by Gasteiger charge is 2.31. The van der Waals surface area contributed by atoms with Gasteiger partial charge in [0.05, 0.1) is 29.5 Å². The van der Waals surface area contributed by atoms with E-state index in [1.165, 1.54) is 0 Å². The van der Waals surface area contributed by atoms with E-state index in [0.29, 0.717) is 35.3 Å². The highest BCUT2D eigenvalue weighted by atomic mass is 35.5. The van der Waals surface area contributed by atoms with Gasteiger partial charge in [-0.15, -0.1) is 0 Å². The molecule has 1 aliphatic heterocycles. The standard InChI is InChI=1S/C23H30ClN5O2/c1-5-17-14-28(22(30)12-11-16(3)27(4)6-2)15-21-25-13-20(29(17)21)23(31)26-19-10-8-7-9-18(19)24/h7-13,16-17H,5-6,14-15H2,1-4H3,(H,26,31)/b12-11+/t16-,17+/m1/s1. The molecule has 2 atom stereocenters. The van der Waals surface area contributed by atoms with Crippen molar-refractivity contribution in [1.29, 1.82) is 0 Å². The Kier molecular flexibility index (Phi) is 7.51. The molecule has 0 aliphatic carbocycles. The third-order valence-electron chi connectivity index (χ3n) is 5.85. The summed E-state index contributed by atoms with van der Waals surface area (Å²) in [6, 6.07) is 7.28. The molecule has 0 saturated heterocycles. The fourth-order valence-electron chi connectivity index (χ4n) is 3.65. The summed E-state index contributed by atoms with van der Waals surface area (Å²) in [5.74, 6) is 0.412. The summed E-state index contributed by atoms with van der Waals surface area (Å²) < 4.78 is 1.95. The molecule has 1 aliphatic rings. The SMILES string of the molecule is CC[C@H]1CN(C(=O)/C=C/[C@@H](C)N(C)CC)Cc2ncc(C(=O)Nc3ccccc3Cl)n21. The molecular weight excluding hydrogens is 414 g/mol. The molecule has 1 N–H and O–H groups in total. The van der Waals surface area contributed by atoms with Crippen LogP contribution in [-0.2, 0) is 11.3 Å². The smallest absolute Gasteiger partial charge is 0.273 e. The molecule has 2 aromatic rings. The van der Waals surface area contributed by atoms with Crippen molar-refractivity contribution in [3.63, 3.8) is 0 Å².